The van der Waals surface area contributed by atoms with Crippen molar-refractivity contribution in [3.8, 4) is 0 Å². The van der Waals surface area contributed by atoms with Gasteiger partial charge in [-0.3, -0.25) is 9.80 Å². The van der Waals surface area contributed by atoms with Gasteiger partial charge in [-0.25, -0.2) is 0 Å². The molecule has 0 aromatic heterocycles. The third-order valence-corrected chi connectivity index (χ3v) is 6.39. The van der Waals surface area contributed by atoms with Gasteiger partial charge in [0.2, 0.25) is 0 Å². The minimum absolute atomic E-state index is 0.0106. The first kappa shape index (κ1) is 21.7. The van der Waals surface area contributed by atoms with E-state index in [9.17, 15) is 10.2 Å². The van der Waals surface area contributed by atoms with Crippen LogP contribution in [0.5, 0.6) is 0 Å². The standard InChI is InChI=1S/C27H32N2O2/c1-28(25(21-11-5-2-6-12-21)20-29-18-17-24(30)19-29)27(31)26(22-13-7-3-8-14-22)23-15-9-4-10-16-23/h2-16,24-27,30-31H,17-20H2,1H3/t24-,25-,27?/m1/s1. The van der Waals surface area contributed by atoms with E-state index in [-0.39, 0.29) is 18.1 Å². The van der Waals surface area contributed by atoms with E-state index in [0.29, 0.717) is 6.54 Å². The second-order valence-corrected chi connectivity index (χ2v) is 8.51. The highest BCUT2D eigenvalue weighted by molar-refractivity contribution is 5.34. The summed E-state index contributed by atoms with van der Waals surface area (Å²) in [6.07, 6.45) is -0.152. The molecule has 162 valence electrons. The van der Waals surface area contributed by atoms with Crippen molar-refractivity contribution in [1.82, 2.24) is 9.80 Å². The average molecular weight is 417 g/mol. The van der Waals surface area contributed by atoms with Gasteiger partial charge in [0.05, 0.1) is 6.10 Å². The molecule has 3 aromatic rings. The monoisotopic (exact) mass is 416 g/mol. The van der Waals surface area contributed by atoms with Crippen molar-refractivity contribution >= 4 is 0 Å². The second kappa shape index (κ2) is 10.2. The number of β-amino-alcohol motifs (C(OH)–C–C–N with tert-alkyl or cyclic N) is 1. The number of benzene rings is 3. The largest absolute Gasteiger partial charge is 0.392 e. The van der Waals surface area contributed by atoms with Crippen LogP contribution in [0.25, 0.3) is 0 Å². The topological polar surface area (TPSA) is 46.9 Å². The molecule has 3 atom stereocenters. The maximum Gasteiger partial charge on any atom is 0.118 e. The van der Waals surface area contributed by atoms with E-state index >= 15 is 0 Å². The zero-order valence-corrected chi connectivity index (χ0v) is 18.1. The zero-order valence-electron chi connectivity index (χ0n) is 18.1. The van der Waals surface area contributed by atoms with Crippen molar-refractivity contribution in [2.75, 3.05) is 26.7 Å². The summed E-state index contributed by atoms with van der Waals surface area (Å²) in [5, 5.41) is 21.7. The van der Waals surface area contributed by atoms with Crippen LogP contribution in [0.2, 0.25) is 0 Å². The Bertz CT molecular complexity index is 880. The van der Waals surface area contributed by atoms with Crippen molar-refractivity contribution in [2.45, 2.75) is 30.7 Å². The van der Waals surface area contributed by atoms with Crippen molar-refractivity contribution in [2.24, 2.45) is 0 Å². The van der Waals surface area contributed by atoms with Crippen molar-refractivity contribution in [3.05, 3.63) is 108 Å². The first-order chi connectivity index (χ1) is 15.1. The molecule has 0 aliphatic carbocycles. The Morgan fingerprint density at radius 3 is 1.77 bits per heavy atom. The van der Waals surface area contributed by atoms with Crippen LogP contribution >= 0.6 is 0 Å². The Kier molecular flexibility index (Phi) is 7.15. The average Bonchev–Trinajstić information content (AvgIpc) is 3.24. The normalized spacial score (nSPS) is 19.1. The van der Waals surface area contributed by atoms with Crippen LogP contribution in [0, 0.1) is 0 Å². The summed E-state index contributed by atoms with van der Waals surface area (Å²) >= 11 is 0. The molecule has 4 nitrogen and oxygen atoms in total. The molecule has 0 amide bonds. The summed E-state index contributed by atoms with van der Waals surface area (Å²) in [5.41, 5.74) is 3.36. The highest BCUT2D eigenvalue weighted by Crippen LogP contribution is 2.33. The third kappa shape index (κ3) is 5.23. The van der Waals surface area contributed by atoms with E-state index in [4.69, 9.17) is 0 Å². The van der Waals surface area contributed by atoms with Crippen molar-refractivity contribution in [1.29, 1.82) is 0 Å². The van der Waals surface area contributed by atoms with Crippen LogP contribution < -0.4 is 0 Å². The van der Waals surface area contributed by atoms with E-state index < -0.39 is 6.23 Å². The van der Waals surface area contributed by atoms with Gasteiger partial charge in [-0.1, -0.05) is 91.0 Å². The molecular formula is C27H32N2O2. The molecule has 2 N–H and O–H groups in total. The lowest BCUT2D eigenvalue weighted by atomic mass is 9.88. The highest BCUT2D eigenvalue weighted by Gasteiger charge is 2.33. The van der Waals surface area contributed by atoms with Gasteiger partial charge in [0.15, 0.2) is 0 Å². The smallest absolute Gasteiger partial charge is 0.118 e. The van der Waals surface area contributed by atoms with Gasteiger partial charge in [0.25, 0.3) is 0 Å². The molecule has 1 fully saturated rings. The third-order valence-electron chi connectivity index (χ3n) is 6.39. The zero-order chi connectivity index (χ0) is 21.6. The van der Waals surface area contributed by atoms with E-state index in [1.54, 1.807) is 0 Å². The number of aliphatic hydroxyl groups is 2. The summed E-state index contributed by atoms with van der Waals surface area (Å²) in [7, 11) is 2.01. The fourth-order valence-corrected chi connectivity index (χ4v) is 4.64. The molecule has 0 spiro atoms. The molecule has 3 aromatic carbocycles. The summed E-state index contributed by atoms with van der Waals surface area (Å²) in [6.45, 7) is 2.34. The predicted octanol–water partition coefficient (Wildman–Crippen LogP) is 3.88. The molecular weight excluding hydrogens is 384 g/mol. The van der Waals surface area contributed by atoms with Crippen LogP contribution in [0.1, 0.15) is 35.1 Å². The Morgan fingerprint density at radius 2 is 1.32 bits per heavy atom. The van der Waals surface area contributed by atoms with E-state index in [1.807, 2.05) is 61.6 Å². The summed E-state index contributed by atoms with van der Waals surface area (Å²) in [6, 6.07) is 30.8. The van der Waals surface area contributed by atoms with Crippen LogP contribution in [0.3, 0.4) is 0 Å². The SMILES string of the molecule is CN(C(O)C(c1ccccc1)c1ccccc1)[C@H](CN1CC[C@@H](O)C1)c1ccccc1. The number of rotatable bonds is 8. The highest BCUT2D eigenvalue weighted by atomic mass is 16.3. The van der Waals surface area contributed by atoms with Gasteiger partial charge >= 0.3 is 0 Å². The lowest BCUT2D eigenvalue weighted by Crippen LogP contribution is -2.44. The van der Waals surface area contributed by atoms with Crippen LogP contribution in [-0.2, 0) is 0 Å². The molecule has 1 saturated heterocycles. The summed E-state index contributed by atoms with van der Waals surface area (Å²) < 4.78 is 0. The van der Waals surface area contributed by atoms with Crippen LogP contribution in [0.15, 0.2) is 91.0 Å². The van der Waals surface area contributed by atoms with Crippen LogP contribution in [0.4, 0.5) is 0 Å². The van der Waals surface area contributed by atoms with Gasteiger partial charge in [-0.05, 0) is 30.2 Å². The Balaban J connectivity index is 1.66. The summed E-state index contributed by atoms with van der Waals surface area (Å²) in [4.78, 5) is 4.39. The number of likely N-dealkylation sites (N-methyl/N-ethyl adjacent to an activating group) is 1. The van der Waals surface area contributed by atoms with E-state index in [0.717, 1.165) is 30.6 Å². The predicted molar refractivity (Wildman–Crippen MR) is 125 cm³/mol. The van der Waals surface area contributed by atoms with Crippen molar-refractivity contribution in [3.63, 3.8) is 0 Å². The number of likely N-dealkylation sites (tertiary alicyclic amines) is 1. The Morgan fingerprint density at radius 1 is 0.839 bits per heavy atom. The molecule has 0 radical (unpaired) electrons. The lowest BCUT2D eigenvalue weighted by Gasteiger charge is -2.38. The summed E-state index contributed by atoms with van der Waals surface area (Å²) in [5.74, 6) is -0.164. The number of aliphatic hydroxyl groups excluding tert-OH is 2. The minimum Gasteiger partial charge on any atom is -0.392 e. The van der Waals surface area contributed by atoms with Gasteiger partial charge in [0.1, 0.15) is 6.23 Å². The maximum absolute atomic E-state index is 11.7. The van der Waals surface area contributed by atoms with Gasteiger partial charge in [-0.15, -0.1) is 0 Å². The van der Waals surface area contributed by atoms with E-state index in [2.05, 4.69) is 46.2 Å². The molecule has 0 saturated carbocycles. The molecule has 31 heavy (non-hydrogen) atoms. The number of nitrogens with zero attached hydrogens (tertiary/aromatic N) is 2. The number of hydrogen-bond donors (Lipinski definition) is 2. The molecule has 1 unspecified atom stereocenters. The fraction of sp³-hybridized carbons (Fsp3) is 0.333. The van der Waals surface area contributed by atoms with Crippen molar-refractivity contribution < 1.29 is 10.2 Å². The molecule has 0 bridgehead atoms. The van der Waals surface area contributed by atoms with Crippen LogP contribution in [-0.4, -0.2) is 59.0 Å². The fourth-order valence-electron chi connectivity index (χ4n) is 4.64. The Hall–Kier alpha value is -2.50. The minimum atomic E-state index is -0.706. The Labute approximate surface area is 185 Å². The molecule has 4 rings (SSSR count). The number of hydrogen-bond acceptors (Lipinski definition) is 4. The van der Waals surface area contributed by atoms with Gasteiger partial charge in [-0.2, -0.15) is 0 Å². The van der Waals surface area contributed by atoms with Gasteiger partial charge < -0.3 is 10.2 Å². The quantitative estimate of drug-likeness (QED) is 0.547. The second-order valence-electron chi connectivity index (χ2n) is 8.51. The van der Waals surface area contributed by atoms with E-state index in [1.165, 1.54) is 5.56 Å². The molecule has 4 heteroatoms. The molecule has 1 aliphatic heterocycles. The van der Waals surface area contributed by atoms with Gasteiger partial charge in [0, 0.05) is 31.6 Å². The maximum atomic E-state index is 11.7. The first-order valence-corrected chi connectivity index (χ1v) is 11.1. The lowest BCUT2D eigenvalue weighted by molar-refractivity contribution is -0.0259. The first-order valence-electron chi connectivity index (χ1n) is 11.1. The molecule has 1 aliphatic rings. The molecule has 1 heterocycles.